The molecule has 50 heavy (non-hydrogen) atoms. The van der Waals surface area contributed by atoms with Gasteiger partial charge in [-0.2, -0.15) is 0 Å². The number of hydrogen-bond acceptors (Lipinski definition) is 3. The van der Waals surface area contributed by atoms with Gasteiger partial charge in [-0.25, -0.2) is 0 Å². The maximum absolute atomic E-state index is 11.5. The van der Waals surface area contributed by atoms with E-state index >= 15 is 0 Å². The molecule has 0 aliphatic carbocycles. The van der Waals surface area contributed by atoms with Crippen LogP contribution in [-0.4, -0.2) is 30.0 Å². The Bertz CT molecular complexity index is 589. The molecule has 4 heteroatoms. The number of aliphatic carboxylic acids is 1. The van der Waals surface area contributed by atoms with Crippen LogP contribution in [0.2, 0.25) is 0 Å². The van der Waals surface area contributed by atoms with Crippen molar-refractivity contribution in [2.24, 2.45) is 0 Å². The summed E-state index contributed by atoms with van der Waals surface area (Å²) in [7, 11) is 0. The molecular formula is C46H92KNO2. The van der Waals surface area contributed by atoms with Gasteiger partial charge in [0.25, 0.3) is 0 Å². The number of unbranched alkanes of at least 4 members (excludes halogenated alkanes) is 34. The maximum Gasteiger partial charge on any atom is 1.00 e. The number of carboxylic acids is 1. The number of rotatable bonds is 43. The van der Waals surface area contributed by atoms with E-state index in [1.54, 1.807) is 0 Å². The molecule has 0 aliphatic rings. The van der Waals surface area contributed by atoms with E-state index in [1.165, 1.54) is 231 Å². The summed E-state index contributed by atoms with van der Waals surface area (Å²) in [6.45, 7) is 8.91. The summed E-state index contributed by atoms with van der Waals surface area (Å²) < 4.78 is 0. The van der Waals surface area contributed by atoms with Crippen LogP contribution in [0.15, 0.2) is 0 Å². The first-order valence-electron chi connectivity index (χ1n) is 23.1. The maximum atomic E-state index is 11.5. The minimum Gasteiger partial charge on any atom is -0.550 e. The molecule has 1 unspecified atom stereocenters. The van der Waals surface area contributed by atoms with Crippen molar-refractivity contribution in [3.8, 4) is 0 Å². The van der Waals surface area contributed by atoms with Crippen molar-refractivity contribution in [2.45, 2.75) is 277 Å². The normalized spacial score (nSPS) is 12.1. The SMILES string of the molecule is CCCCCCCCCCCCCCCCCCCCN(CCCCCCCCCCCCCCCCCCCC)C(CCC)CC(=O)[O-].[K+]. The summed E-state index contributed by atoms with van der Waals surface area (Å²) in [6, 6.07) is 0.159. The predicted molar refractivity (Wildman–Crippen MR) is 217 cm³/mol. The number of carboxylic acid groups (broad SMARTS) is 1. The molecule has 0 bridgehead atoms. The molecule has 3 nitrogen and oxygen atoms in total. The fourth-order valence-electron chi connectivity index (χ4n) is 7.85. The molecule has 0 radical (unpaired) electrons. The summed E-state index contributed by atoms with van der Waals surface area (Å²) in [5.74, 6) is -0.876. The van der Waals surface area contributed by atoms with Gasteiger partial charge in [0.1, 0.15) is 0 Å². The van der Waals surface area contributed by atoms with E-state index < -0.39 is 5.97 Å². The van der Waals surface area contributed by atoms with Gasteiger partial charge in [-0.1, -0.05) is 245 Å². The van der Waals surface area contributed by atoms with Gasteiger partial charge >= 0.3 is 51.4 Å². The first kappa shape index (κ1) is 53.2. The molecule has 0 fully saturated rings. The van der Waals surface area contributed by atoms with Crippen LogP contribution >= 0.6 is 0 Å². The first-order chi connectivity index (χ1) is 24.2. The van der Waals surface area contributed by atoms with Crippen LogP contribution in [0, 0.1) is 0 Å². The largest absolute Gasteiger partial charge is 1.00 e. The van der Waals surface area contributed by atoms with Gasteiger partial charge in [0.05, 0.1) is 0 Å². The van der Waals surface area contributed by atoms with Gasteiger partial charge < -0.3 is 14.8 Å². The Morgan fingerprint density at radius 3 is 0.800 bits per heavy atom. The zero-order valence-corrected chi connectivity index (χ0v) is 38.5. The van der Waals surface area contributed by atoms with Crippen molar-refractivity contribution >= 4 is 5.97 Å². The molecule has 0 aromatic carbocycles. The van der Waals surface area contributed by atoms with Crippen LogP contribution in [0.1, 0.15) is 271 Å². The van der Waals surface area contributed by atoms with E-state index in [4.69, 9.17) is 0 Å². The van der Waals surface area contributed by atoms with Crippen molar-refractivity contribution in [2.75, 3.05) is 13.1 Å². The Kier molecular flexibility index (Phi) is 49.2. The topological polar surface area (TPSA) is 43.4 Å². The zero-order valence-electron chi connectivity index (χ0n) is 35.3. The number of carbonyl (C=O) groups is 1. The summed E-state index contributed by atoms with van der Waals surface area (Å²) >= 11 is 0. The van der Waals surface area contributed by atoms with Crippen LogP contribution in [0.3, 0.4) is 0 Å². The van der Waals surface area contributed by atoms with E-state index in [0.717, 1.165) is 25.9 Å². The minimum atomic E-state index is -0.876. The molecule has 0 aromatic heterocycles. The average Bonchev–Trinajstić information content (AvgIpc) is 3.09. The molecule has 0 saturated carbocycles. The molecule has 0 heterocycles. The standard InChI is InChI=1S/C46H93NO2.K/c1-4-7-9-11-13-15-17-19-21-23-25-27-29-31-33-35-37-39-42-47(45(41-6-3)44-46(48)49)43-40-38-36-34-32-30-28-26-24-22-20-18-16-14-12-10-8-5-2;/h45H,4-44H2,1-3H3,(H,48,49);/q;+1/p-1. The molecule has 0 saturated heterocycles. The molecule has 0 rings (SSSR count). The summed E-state index contributed by atoms with van der Waals surface area (Å²) in [6.07, 6.45) is 52.7. The molecule has 0 amide bonds. The van der Waals surface area contributed by atoms with E-state index in [1.807, 2.05) is 0 Å². The Labute approximate surface area is 359 Å². The summed E-state index contributed by atoms with van der Waals surface area (Å²) in [4.78, 5) is 14.1. The smallest absolute Gasteiger partial charge is 0.550 e. The first-order valence-corrected chi connectivity index (χ1v) is 23.1. The Morgan fingerprint density at radius 1 is 0.380 bits per heavy atom. The Hall–Kier alpha value is 1.07. The summed E-state index contributed by atoms with van der Waals surface area (Å²) in [5.41, 5.74) is 0. The van der Waals surface area contributed by atoms with Gasteiger partial charge in [-0.15, -0.1) is 0 Å². The van der Waals surface area contributed by atoms with Gasteiger partial charge in [0.15, 0.2) is 0 Å². The monoisotopic (exact) mass is 730 g/mol. The molecule has 1 atom stereocenters. The molecule has 0 aliphatic heterocycles. The second-order valence-electron chi connectivity index (χ2n) is 16.1. The molecule has 0 aromatic rings. The van der Waals surface area contributed by atoms with Crippen LogP contribution in [0.4, 0.5) is 0 Å². The third kappa shape index (κ3) is 41.8. The van der Waals surface area contributed by atoms with Gasteiger partial charge in [-0.3, -0.25) is 0 Å². The van der Waals surface area contributed by atoms with Crippen molar-refractivity contribution < 1.29 is 61.3 Å². The van der Waals surface area contributed by atoms with E-state index in [2.05, 4.69) is 25.7 Å². The van der Waals surface area contributed by atoms with Crippen LogP contribution in [0.5, 0.6) is 0 Å². The molecule has 0 spiro atoms. The van der Waals surface area contributed by atoms with E-state index in [0.29, 0.717) is 0 Å². The number of hydrogen-bond donors (Lipinski definition) is 0. The Morgan fingerprint density at radius 2 is 0.600 bits per heavy atom. The van der Waals surface area contributed by atoms with Crippen molar-refractivity contribution in [3.63, 3.8) is 0 Å². The summed E-state index contributed by atoms with van der Waals surface area (Å²) in [5, 5.41) is 11.5. The second-order valence-corrected chi connectivity index (χ2v) is 16.1. The molecular weight excluding hydrogens is 638 g/mol. The Balaban J connectivity index is 0. The van der Waals surface area contributed by atoms with Crippen molar-refractivity contribution in [1.29, 1.82) is 0 Å². The molecule has 0 N–H and O–H groups in total. The van der Waals surface area contributed by atoms with Crippen LogP contribution in [0.25, 0.3) is 0 Å². The predicted octanol–water partition coefficient (Wildman–Crippen LogP) is 11.7. The fourth-order valence-corrected chi connectivity index (χ4v) is 7.85. The second kappa shape index (κ2) is 46.2. The number of carbonyl (C=O) groups excluding carboxylic acids is 1. The van der Waals surface area contributed by atoms with Crippen molar-refractivity contribution in [1.82, 2.24) is 4.90 Å². The minimum absolute atomic E-state index is 0. The van der Waals surface area contributed by atoms with E-state index in [-0.39, 0.29) is 63.8 Å². The van der Waals surface area contributed by atoms with Gasteiger partial charge in [0.2, 0.25) is 0 Å². The third-order valence-corrected chi connectivity index (χ3v) is 11.1. The van der Waals surface area contributed by atoms with Crippen molar-refractivity contribution in [3.05, 3.63) is 0 Å². The van der Waals surface area contributed by atoms with Crippen LogP contribution in [-0.2, 0) is 4.79 Å². The fraction of sp³-hybridized carbons (Fsp3) is 0.978. The average molecular weight is 730 g/mol. The van der Waals surface area contributed by atoms with E-state index in [9.17, 15) is 9.90 Å². The third-order valence-electron chi connectivity index (χ3n) is 11.1. The molecule has 294 valence electrons. The zero-order chi connectivity index (χ0) is 35.7. The van der Waals surface area contributed by atoms with Crippen LogP contribution < -0.4 is 56.5 Å². The quantitative estimate of drug-likeness (QED) is 0.0464. The number of nitrogens with zero attached hydrogens (tertiary/aromatic N) is 1. The van der Waals surface area contributed by atoms with Gasteiger partial charge in [0, 0.05) is 18.4 Å². The van der Waals surface area contributed by atoms with Gasteiger partial charge in [-0.05, 0) is 32.4 Å².